The van der Waals surface area contributed by atoms with Crippen LogP contribution in [0.4, 0.5) is 5.82 Å². The second-order valence-electron chi connectivity index (χ2n) is 5.01. The van der Waals surface area contributed by atoms with Crippen molar-refractivity contribution < 1.29 is 9.53 Å². The van der Waals surface area contributed by atoms with Crippen LogP contribution in [0.3, 0.4) is 0 Å². The Morgan fingerprint density at radius 2 is 2.00 bits per heavy atom. The van der Waals surface area contributed by atoms with Crippen LogP contribution in [0.25, 0.3) is 11.2 Å². The lowest BCUT2D eigenvalue weighted by Gasteiger charge is -2.15. The van der Waals surface area contributed by atoms with E-state index in [0.717, 1.165) is 5.56 Å². The van der Waals surface area contributed by atoms with Crippen molar-refractivity contribution in [1.82, 2.24) is 25.4 Å². The summed E-state index contributed by atoms with van der Waals surface area (Å²) in [5.41, 5.74) is 7.56. The third kappa shape index (κ3) is 3.37. The number of anilines is 1. The van der Waals surface area contributed by atoms with E-state index in [2.05, 4.69) is 30.8 Å². The lowest BCUT2D eigenvalue weighted by atomic mass is 10.2. The van der Waals surface area contributed by atoms with Crippen molar-refractivity contribution in [2.45, 2.75) is 20.0 Å². The normalized spacial score (nSPS) is 11.9. The Kier molecular flexibility index (Phi) is 4.05. The summed E-state index contributed by atoms with van der Waals surface area (Å²) in [7, 11) is 0. The van der Waals surface area contributed by atoms with Crippen LogP contribution in [-0.2, 0) is 4.79 Å². The highest BCUT2D eigenvalue weighted by molar-refractivity contribution is 5.85. The van der Waals surface area contributed by atoms with Crippen LogP contribution in [0.1, 0.15) is 12.5 Å². The van der Waals surface area contributed by atoms with Gasteiger partial charge in [0.25, 0.3) is 5.91 Å². The highest BCUT2D eigenvalue weighted by Gasteiger charge is 2.15. The number of aromatic amines is 1. The van der Waals surface area contributed by atoms with Crippen LogP contribution in [0.5, 0.6) is 5.75 Å². The summed E-state index contributed by atoms with van der Waals surface area (Å²) in [4.78, 5) is 27.1. The molecule has 1 atom stereocenters. The Labute approximate surface area is 132 Å². The van der Waals surface area contributed by atoms with Gasteiger partial charge in [-0.25, -0.2) is 15.0 Å². The van der Waals surface area contributed by atoms with Gasteiger partial charge in [-0.05, 0) is 26.0 Å². The van der Waals surface area contributed by atoms with Crippen molar-refractivity contribution in [2.75, 3.05) is 5.43 Å². The summed E-state index contributed by atoms with van der Waals surface area (Å²) in [6.07, 6.45) is 2.21. The number of hydrazine groups is 1. The van der Waals surface area contributed by atoms with Crippen molar-refractivity contribution in [2.24, 2.45) is 0 Å². The molecule has 3 N–H and O–H groups in total. The second-order valence-corrected chi connectivity index (χ2v) is 5.01. The second kappa shape index (κ2) is 6.30. The van der Waals surface area contributed by atoms with Gasteiger partial charge in [-0.2, -0.15) is 0 Å². The van der Waals surface area contributed by atoms with E-state index in [-0.39, 0.29) is 5.91 Å². The van der Waals surface area contributed by atoms with Gasteiger partial charge in [-0.15, -0.1) is 0 Å². The molecule has 1 aromatic carbocycles. The fourth-order valence-electron chi connectivity index (χ4n) is 1.96. The molecule has 0 radical (unpaired) electrons. The molecule has 2 heterocycles. The van der Waals surface area contributed by atoms with Crippen molar-refractivity contribution in [3.8, 4) is 5.75 Å². The maximum atomic E-state index is 12.1. The summed E-state index contributed by atoms with van der Waals surface area (Å²) in [5, 5.41) is 0. The Morgan fingerprint density at radius 1 is 1.22 bits per heavy atom. The van der Waals surface area contributed by atoms with Gasteiger partial charge >= 0.3 is 0 Å². The monoisotopic (exact) mass is 312 g/mol. The Balaban J connectivity index is 1.60. The zero-order valence-corrected chi connectivity index (χ0v) is 12.7. The minimum Gasteiger partial charge on any atom is -0.481 e. The lowest BCUT2D eigenvalue weighted by molar-refractivity contribution is -0.126. The first-order chi connectivity index (χ1) is 11.1. The van der Waals surface area contributed by atoms with Gasteiger partial charge in [0.15, 0.2) is 17.6 Å². The third-order valence-electron chi connectivity index (χ3n) is 3.23. The molecule has 8 nitrogen and oxygen atoms in total. The number of H-pyrrole nitrogens is 1. The van der Waals surface area contributed by atoms with E-state index in [9.17, 15) is 4.79 Å². The summed E-state index contributed by atoms with van der Waals surface area (Å²) in [6, 6.07) is 7.50. The van der Waals surface area contributed by atoms with Crippen molar-refractivity contribution in [3.63, 3.8) is 0 Å². The molecule has 8 heteroatoms. The van der Waals surface area contributed by atoms with Crippen molar-refractivity contribution in [3.05, 3.63) is 42.5 Å². The van der Waals surface area contributed by atoms with Crippen molar-refractivity contribution >= 4 is 22.9 Å². The van der Waals surface area contributed by atoms with Gasteiger partial charge in [-0.1, -0.05) is 17.7 Å². The Bertz CT molecular complexity index is 814. The minimum absolute atomic E-state index is 0.322. The van der Waals surface area contributed by atoms with Crippen LogP contribution in [0, 0.1) is 6.92 Å². The van der Waals surface area contributed by atoms with Crippen LogP contribution >= 0.6 is 0 Å². The molecule has 0 spiro atoms. The maximum absolute atomic E-state index is 12.1. The molecule has 23 heavy (non-hydrogen) atoms. The molecular weight excluding hydrogens is 296 g/mol. The van der Waals surface area contributed by atoms with Crippen LogP contribution in [0.2, 0.25) is 0 Å². The fourth-order valence-corrected chi connectivity index (χ4v) is 1.96. The lowest BCUT2D eigenvalue weighted by Crippen LogP contribution is -2.39. The number of fused-ring (bicyclic) bond motifs is 1. The number of aromatic nitrogens is 4. The molecule has 0 aliphatic carbocycles. The predicted octanol–water partition coefficient (Wildman–Crippen LogP) is 1.57. The molecule has 0 fully saturated rings. The standard InChI is InChI=1S/C15H16N6O2/c1-9-3-5-11(6-4-9)23-10(2)15(22)21-20-14-12-13(17-7-16-12)18-8-19-14/h3-8,10H,1-2H3,(H,21,22)(H2,16,17,18,19,20). The predicted molar refractivity (Wildman–Crippen MR) is 84.7 cm³/mol. The first kappa shape index (κ1) is 14.8. The van der Waals surface area contributed by atoms with E-state index < -0.39 is 6.10 Å². The average Bonchev–Trinajstić information content (AvgIpc) is 3.03. The molecule has 0 saturated carbocycles. The molecule has 118 valence electrons. The number of rotatable bonds is 5. The fraction of sp³-hybridized carbons (Fsp3) is 0.200. The highest BCUT2D eigenvalue weighted by Crippen LogP contribution is 2.14. The largest absolute Gasteiger partial charge is 0.481 e. The molecule has 1 unspecified atom stereocenters. The van der Waals surface area contributed by atoms with Gasteiger partial charge in [0.05, 0.1) is 6.33 Å². The molecule has 0 aliphatic rings. The highest BCUT2D eigenvalue weighted by atomic mass is 16.5. The molecule has 2 aromatic heterocycles. The van der Waals surface area contributed by atoms with Crippen molar-refractivity contribution in [1.29, 1.82) is 0 Å². The number of ether oxygens (including phenoxy) is 1. The van der Waals surface area contributed by atoms with Gasteiger partial charge in [0, 0.05) is 0 Å². The number of hydrogen-bond acceptors (Lipinski definition) is 6. The molecule has 3 rings (SSSR count). The molecule has 0 aliphatic heterocycles. The maximum Gasteiger partial charge on any atom is 0.279 e. The van der Waals surface area contributed by atoms with Crippen LogP contribution in [-0.4, -0.2) is 31.9 Å². The number of nitrogens with zero attached hydrogens (tertiary/aromatic N) is 3. The number of imidazole rings is 1. The van der Waals surface area contributed by atoms with Gasteiger partial charge in [0.2, 0.25) is 0 Å². The number of nitrogens with one attached hydrogen (secondary N) is 3. The first-order valence-electron chi connectivity index (χ1n) is 7.07. The molecule has 3 aromatic rings. The summed E-state index contributed by atoms with van der Waals surface area (Å²) < 4.78 is 5.59. The van der Waals surface area contributed by atoms with E-state index in [1.54, 1.807) is 6.92 Å². The van der Waals surface area contributed by atoms with E-state index >= 15 is 0 Å². The van der Waals surface area contributed by atoms with E-state index in [1.807, 2.05) is 31.2 Å². The molecule has 1 amide bonds. The van der Waals surface area contributed by atoms with Gasteiger partial charge in [0.1, 0.15) is 17.6 Å². The SMILES string of the molecule is Cc1ccc(OC(C)C(=O)NNc2ncnc3nc[nH]c23)cc1. The summed E-state index contributed by atoms with van der Waals surface area (Å²) >= 11 is 0. The Morgan fingerprint density at radius 3 is 2.78 bits per heavy atom. The van der Waals surface area contributed by atoms with E-state index in [0.29, 0.717) is 22.7 Å². The van der Waals surface area contributed by atoms with Gasteiger partial charge in [-0.3, -0.25) is 15.6 Å². The van der Waals surface area contributed by atoms with Crippen LogP contribution < -0.4 is 15.6 Å². The van der Waals surface area contributed by atoms with Gasteiger partial charge < -0.3 is 9.72 Å². The van der Waals surface area contributed by atoms with Crippen LogP contribution in [0.15, 0.2) is 36.9 Å². The zero-order chi connectivity index (χ0) is 16.2. The zero-order valence-electron chi connectivity index (χ0n) is 12.7. The molecule has 0 bridgehead atoms. The Hall–Kier alpha value is -3.16. The summed E-state index contributed by atoms with van der Waals surface area (Å²) in [6.45, 7) is 3.66. The van der Waals surface area contributed by atoms with E-state index in [1.165, 1.54) is 12.7 Å². The number of amides is 1. The quantitative estimate of drug-likeness (QED) is 0.618. The molecule has 0 saturated heterocycles. The number of benzene rings is 1. The number of carbonyl (C=O) groups is 1. The number of carbonyl (C=O) groups excluding carboxylic acids is 1. The summed E-state index contributed by atoms with van der Waals surface area (Å²) in [5.74, 6) is 0.747. The number of hydrogen-bond donors (Lipinski definition) is 3. The average molecular weight is 312 g/mol. The number of aryl methyl sites for hydroxylation is 1. The molecular formula is C15H16N6O2. The smallest absolute Gasteiger partial charge is 0.279 e. The first-order valence-corrected chi connectivity index (χ1v) is 7.07. The third-order valence-corrected chi connectivity index (χ3v) is 3.23. The topological polar surface area (TPSA) is 105 Å². The van der Waals surface area contributed by atoms with E-state index in [4.69, 9.17) is 4.74 Å². The minimum atomic E-state index is -0.663.